The average molecular weight is 331 g/mol. The topological polar surface area (TPSA) is 60.0 Å². The minimum Gasteiger partial charge on any atom is -0.497 e. The van der Waals surface area contributed by atoms with Crippen LogP contribution in [0.1, 0.15) is 18.1 Å². The number of aliphatic hydroxyl groups excluding tert-OH is 1. The highest BCUT2D eigenvalue weighted by Crippen LogP contribution is 2.24. The molecule has 2 aromatic rings. The number of benzene rings is 2. The third-order valence-electron chi connectivity index (χ3n) is 3.70. The van der Waals surface area contributed by atoms with Crippen molar-refractivity contribution in [3.63, 3.8) is 0 Å². The lowest BCUT2D eigenvalue weighted by molar-refractivity contribution is -0.0578. The summed E-state index contributed by atoms with van der Waals surface area (Å²) in [5.41, 5.74) is 2.03. The summed E-state index contributed by atoms with van der Waals surface area (Å²) in [7, 11) is 3.24. The lowest BCUT2D eigenvalue weighted by Crippen LogP contribution is -2.40. The summed E-state index contributed by atoms with van der Waals surface area (Å²) in [5, 5.41) is 13.2. The van der Waals surface area contributed by atoms with E-state index in [4.69, 9.17) is 14.2 Å². The normalized spacial score (nSPS) is 13.3. The van der Waals surface area contributed by atoms with Crippen molar-refractivity contribution in [3.8, 4) is 11.5 Å². The Bertz CT molecular complexity index is 616. The van der Waals surface area contributed by atoms with E-state index in [2.05, 4.69) is 5.32 Å². The third kappa shape index (κ3) is 5.23. The van der Waals surface area contributed by atoms with Crippen molar-refractivity contribution >= 4 is 0 Å². The molecule has 0 fully saturated rings. The van der Waals surface area contributed by atoms with Gasteiger partial charge in [-0.05, 0) is 18.6 Å². The number of hydrogen-bond acceptors (Lipinski definition) is 5. The summed E-state index contributed by atoms with van der Waals surface area (Å²) >= 11 is 0. The predicted molar refractivity (Wildman–Crippen MR) is 93.1 cm³/mol. The van der Waals surface area contributed by atoms with E-state index in [1.54, 1.807) is 21.1 Å². The zero-order valence-corrected chi connectivity index (χ0v) is 14.4. The van der Waals surface area contributed by atoms with Crippen LogP contribution >= 0.6 is 0 Å². The minimum absolute atomic E-state index is 0.434. The monoisotopic (exact) mass is 331 g/mol. The zero-order valence-electron chi connectivity index (χ0n) is 14.4. The van der Waals surface area contributed by atoms with Gasteiger partial charge in [0.1, 0.15) is 17.7 Å². The molecule has 0 aliphatic rings. The van der Waals surface area contributed by atoms with Gasteiger partial charge in [0.05, 0.1) is 26.9 Å². The molecule has 0 saturated carbocycles. The summed E-state index contributed by atoms with van der Waals surface area (Å²) in [6.07, 6.45) is -1.12. The molecule has 2 N–H and O–H groups in total. The second-order valence-corrected chi connectivity index (χ2v) is 5.52. The van der Waals surface area contributed by atoms with Gasteiger partial charge in [-0.25, -0.2) is 0 Å². The smallest absolute Gasteiger partial charge is 0.134 e. The molecule has 0 spiro atoms. The highest BCUT2D eigenvalue weighted by atomic mass is 16.5. The molecule has 2 aromatic carbocycles. The fourth-order valence-corrected chi connectivity index (χ4v) is 2.34. The van der Waals surface area contributed by atoms with Gasteiger partial charge in [0.25, 0.3) is 0 Å². The van der Waals surface area contributed by atoms with Crippen LogP contribution in [0.3, 0.4) is 0 Å². The maximum absolute atomic E-state index is 9.94. The van der Waals surface area contributed by atoms with Gasteiger partial charge in [-0.1, -0.05) is 36.4 Å². The average Bonchev–Trinajstić information content (AvgIpc) is 2.62. The van der Waals surface area contributed by atoms with E-state index in [1.807, 2.05) is 48.5 Å². The van der Waals surface area contributed by atoms with Gasteiger partial charge in [0.15, 0.2) is 0 Å². The van der Waals surface area contributed by atoms with Gasteiger partial charge in [-0.2, -0.15) is 0 Å². The van der Waals surface area contributed by atoms with E-state index in [0.29, 0.717) is 13.2 Å². The Morgan fingerprint density at radius 3 is 2.42 bits per heavy atom. The van der Waals surface area contributed by atoms with Crippen molar-refractivity contribution in [3.05, 3.63) is 59.7 Å². The molecule has 0 bridgehead atoms. The number of aliphatic hydroxyl groups is 1. The van der Waals surface area contributed by atoms with Gasteiger partial charge in [0, 0.05) is 18.2 Å². The fraction of sp³-hybridized carbons (Fsp3) is 0.368. The molecule has 0 radical (unpaired) electrons. The van der Waals surface area contributed by atoms with Crippen molar-refractivity contribution in [2.75, 3.05) is 14.2 Å². The molecule has 0 saturated heterocycles. The van der Waals surface area contributed by atoms with E-state index in [1.165, 1.54) is 0 Å². The summed E-state index contributed by atoms with van der Waals surface area (Å²) in [6, 6.07) is 15.5. The van der Waals surface area contributed by atoms with Crippen LogP contribution in [0.4, 0.5) is 0 Å². The number of rotatable bonds is 9. The quantitative estimate of drug-likeness (QED) is 0.692. The molecule has 2 unspecified atom stereocenters. The van der Waals surface area contributed by atoms with Crippen molar-refractivity contribution in [1.29, 1.82) is 0 Å². The molecule has 2 atom stereocenters. The van der Waals surface area contributed by atoms with E-state index in [-0.39, 0.29) is 0 Å². The van der Waals surface area contributed by atoms with Gasteiger partial charge < -0.3 is 19.3 Å². The largest absolute Gasteiger partial charge is 0.497 e. The van der Waals surface area contributed by atoms with Crippen molar-refractivity contribution < 1.29 is 19.3 Å². The van der Waals surface area contributed by atoms with Gasteiger partial charge in [-0.15, -0.1) is 0 Å². The summed E-state index contributed by atoms with van der Waals surface area (Å²) in [5.74, 6) is 1.47. The van der Waals surface area contributed by atoms with E-state index >= 15 is 0 Å². The van der Waals surface area contributed by atoms with E-state index < -0.39 is 12.3 Å². The Morgan fingerprint density at radius 1 is 1.04 bits per heavy atom. The second-order valence-electron chi connectivity index (χ2n) is 5.52. The van der Waals surface area contributed by atoms with E-state index in [0.717, 1.165) is 22.6 Å². The maximum atomic E-state index is 9.94. The summed E-state index contributed by atoms with van der Waals surface area (Å²) < 4.78 is 16.4. The van der Waals surface area contributed by atoms with Gasteiger partial charge >= 0.3 is 0 Å². The standard InChI is InChI=1S/C19H25NO4/c1-14(21)19(24-13-15-7-5-4-6-8-15)20-12-16-9-10-17(22-2)11-18(16)23-3/h4-11,14,19-21H,12-13H2,1-3H3. The first kappa shape index (κ1) is 18.3. The highest BCUT2D eigenvalue weighted by Gasteiger charge is 2.16. The zero-order chi connectivity index (χ0) is 17.4. The first-order valence-corrected chi connectivity index (χ1v) is 7.92. The maximum Gasteiger partial charge on any atom is 0.134 e. The van der Waals surface area contributed by atoms with Crippen LogP contribution in [0.5, 0.6) is 11.5 Å². The molecular formula is C19H25NO4. The lowest BCUT2D eigenvalue weighted by Gasteiger charge is -2.23. The fourth-order valence-electron chi connectivity index (χ4n) is 2.34. The van der Waals surface area contributed by atoms with Crippen LogP contribution in [0.2, 0.25) is 0 Å². The Kier molecular flexibility index (Phi) is 7.06. The predicted octanol–water partition coefficient (Wildman–Crippen LogP) is 2.72. The molecule has 2 rings (SSSR count). The Labute approximate surface area is 143 Å². The molecule has 24 heavy (non-hydrogen) atoms. The first-order chi connectivity index (χ1) is 11.6. The second kappa shape index (κ2) is 9.27. The Morgan fingerprint density at radius 2 is 1.79 bits per heavy atom. The SMILES string of the molecule is COc1ccc(CNC(OCc2ccccc2)C(C)O)c(OC)c1. The molecule has 130 valence electrons. The van der Waals surface area contributed by atoms with Crippen LogP contribution in [-0.2, 0) is 17.9 Å². The highest BCUT2D eigenvalue weighted by molar-refractivity contribution is 5.40. The molecule has 0 aliphatic heterocycles. The molecule has 0 heterocycles. The van der Waals surface area contributed by atoms with Crippen molar-refractivity contribution in [2.45, 2.75) is 32.4 Å². The van der Waals surface area contributed by atoms with E-state index in [9.17, 15) is 5.11 Å². The summed E-state index contributed by atoms with van der Waals surface area (Å²) in [6.45, 7) is 2.65. The van der Waals surface area contributed by atoms with Crippen LogP contribution in [-0.4, -0.2) is 31.7 Å². The van der Waals surface area contributed by atoms with Crippen LogP contribution in [0, 0.1) is 0 Å². The molecular weight excluding hydrogens is 306 g/mol. The number of nitrogens with one attached hydrogen (secondary N) is 1. The number of hydrogen-bond donors (Lipinski definition) is 2. The molecule has 0 aliphatic carbocycles. The molecule has 0 amide bonds. The van der Waals surface area contributed by atoms with Crippen molar-refractivity contribution in [2.24, 2.45) is 0 Å². The van der Waals surface area contributed by atoms with Crippen LogP contribution < -0.4 is 14.8 Å². The lowest BCUT2D eigenvalue weighted by atomic mass is 10.2. The van der Waals surface area contributed by atoms with Gasteiger partial charge in [0.2, 0.25) is 0 Å². The molecule has 5 heteroatoms. The number of ether oxygens (including phenoxy) is 3. The first-order valence-electron chi connectivity index (χ1n) is 7.92. The van der Waals surface area contributed by atoms with Crippen LogP contribution in [0.15, 0.2) is 48.5 Å². The molecule has 5 nitrogen and oxygen atoms in total. The van der Waals surface area contributed by atoms with Gasteiger partial charge in [-0.3, -0.25) is 5.32 Å². The summed E-state index contributed by atoms with van der Waals surface area (Å²) in [4.78, 5) is 0. The van der Waals surface area contributed by atoms with Crippen molar-refractivity contribution in [1.82, 2.24) is 5.32 Å². The van der Waals surface area contributed by atoms with Crippen LogP contribution in [0.25, 0.3) is 0 Å². The Hall–Kier alpha value is -2.08. The Balaban J connectivity index is 1.96. The minimum atomic E-state index is -0.641. The third-order valence-corrected chi connectivity index (χ3v) is 3.70. The molecule has 0 aromatic heterocycles. The number of methoxy groups -OCH3 is 2.